The Morgan fingerprint density at radius 1 is 1.16 bits per heavy atom. The number of ether oxygens (including phenoxy) is 1. The highest BCUT2D eigenvalue weighted by Gasteiger charge is 2.44. The Bertz CT molecular complexity index is 1510. The summed E-state index contributed by atoms with van der Waals surface area (Å²) in [6, 6.07) is 11.2. The number of anilines is 1. The van der Waals surface area contributed by atoms with Crippen LogP contribution < -0.4 is 14.8 Å². The number of allylic oxidation sites excluding steroid dienone is 1. The molecule has 43 heavy (non-hydrogen) atoms. The molecule has 0 radical (unpaired) electrons. The van der Waals surface area contributed by atoms with Crippen LogP contribution in [-0.2, 0) is 21.9 Å². The summed E-state index contributed by atoms with van der Waals surface area (Å²) in [6.45, 7) is 1.86. The number of aliphatic hydroxyl groups excluding tert-OH is 1. The minimum absolute atomic E-state index is 0.0672. The van der Waals surface area contributed by atoms with Crippen LogP contribution in [0, 0.1) is 17.8 Å². The van der Waals surface area contributed by atoms with Gasteiger partial charge in [-0.05, 0) is 111 Å². The van der Waals surface area contributed by atoms with Gasteiger partial charge in [-0.15, -0.1) is 0 Å². The van der Waals surface area contributed by atoms with Gasteiger partial charge >= 0.3 is 5.97 Å². The van der Waals surface area contributed by atoms with Gasteiger partial charge in [-0.3, -0.25) is 0 Å². The molecule has 4 N–H and O–H groups in total. The smallest absolute Gasteiger partial charge is 0.335 e. The standard InChI is InChI=1S/C33H41ClN2O6S/c34-25-9-11-28-22(16-25)4-2-14-33(28)19-36(29-17-23(32(38)39)8-13-31(29)42-20-33)18-24-7-10-27(24)30(37)12-6-21-3-1-5-26(15-21)43(35,40)41/h6,8-9,11-13,16-17,21,24,26-27,30,37H,1-5,7,10,14-15,18-20H2,(H,38,39)(H2,35,40,41)/b12-6+/t21-,24-,26-,27+,30-,33-/m0/s1. The predicted molar refractivity (Wildman–Crippen MR) is 167 cm³/mol. The van der Waals surface area contributed by atoms with E-state index < -0.39 is 27.3 Å². The van der Waals surface area contributed by atoms with Gasteiger partial charge in [0, 0.05) is 23.5 Å². The molecule has 6 rings (SSSR count). The molecule has 0 bridgehead atoms. The Balaban J connectivity index is 1.24. The summed E-state index contributed by atoms with van der Waals surface area (Å²) in [5.41, 5.74) is 3.23. The molecule has 3 aliphatic carbocycles. The first-order chi connectivity index (χ1) is 20.5. The van der Waals surface area contributed by atoms with Crippen molar-refractivity contribution >= 4 is 33.3 Å². The summed E-state index contributed by atoms with van der Waals surface area (Å²) in [5, 5.41) is 26.6. The molecule has 2 aromatic rings. The molecule has 2 aromatic carbocycles. The maximum absolute atomic E-state index is 11.9. The monoisotopic (exact) mass is 628 g/mol. The van der Waals surface area contributed by atoms with Crippen molar-refractivity contribution in [2.75, 3.05) is 24.6 Å². The molecule has 232 valence electrons. The van der Waals surface area contributed by atoms with Crippen molar-refractivity contribution in [3.05, 3.63) is 70.3 Å². The molecule has 0 saturated heterocycles. The maximum Gasteiger partial charge on any atom is 0.335 e. The van der Waals surface area contributed by atoms with Crippen LogP contribution in [-0.4, -0.2) is 55.7 Å². The van der Waals surface area contributed by atoms with E-state index in [1.165, 1.54) is 11.1 Å². The lowest BCUT2D eigenvalue weighted by atomic mass is 9.68. The van der Waals surface area contributed by atoms with Crippen molar-refractivity contribution in [3.8, 4) is 5.75 Å². The Morgan fingerprint density at radius 2 is 2.00 bits per heavy atom. The first kappa shape index (κ1) is 30.4. The number of carboxylic acids is 1. The molecule has 2 fully saturated rings. The quantitative estimate of drug-likeness (QED) is 0.355. The Labute approximate surface area is 258 Å². The summed E-state index contributed by atoms with van der Waals surface area (Å²) < 4.78 is 30.2. The SMILES string of the molecule is NS(=O)(=O)[C@H]1CCC[C@@H](/C=C/[C@H](O)[C@@H]2CC[C@H]2CN2C[C@@]3(CCCc4cc(Cl)ccc43)COc3ccc(C(=O)O)cc32)C1. The lowest BCUT2D eigenvalue weighted by molar-refractivity contribution is 0.0453. The Kier molecular flexibility index (Phi) is 8.54. The number of aryl methyl sites for hydroxylation is 1. The number of rotatable bonds is 7. The molecule has 0 unspecified atom stereocenters. The highest BCUT2D eigenvalue weighted by Crippen LogP contribution is 2.46. The van der Waals surface area contributed by atoms with Gasteiger partial charge in [-0.2, -0.15) is 0 Å². The number of carbonyl (C=O) groups is 1. The van der Waals surface area contributed by atoms with Crippen molar-refractivity contribution in [1.82, 2.24) is 0 Å². The molecule has 8 nitrogen and oxygen atoms in total. The van der Waals surface area contributed by atoms with Crippen LogP contribution >= 0.6 is 11.6 Å². The number of primary sulfonamides is 1. The van der Waals surface area contributed by atoms with Gasteiger partial charge in [0.05, 0.1) is 29.2 Å². The van der Waals surface area contributed by atoms with Crippen LogP contribution in [0.1, 0.15) is 72.9 Å². The molecule has 0 amide bonds. The molecule has 4 aliphatic rings. The number of hydrogen-bond donors (Lipinski definition) is 3. The van der Waals surface area contributed by atoms with E-state index in [4.69, 9.17) is 21.5 Å². The number of aromatic carboxylic acids is 1. The summed E-state index contributed by atoms with van der Waals surface area (Å²) in [7, 11) is -3.56. The highest BCUT2D eigenvalue weighted by atomic mass is 35.5. The van der Waals surface area contributed by atoms with Crippen molar-refractivity contribution < 1.29 is 28.2 Å². The zero-order chi connectivity index (χ0) is 30.4. The second-order valence-electron chi connectivity index (χ2n) is 13.1. The maximum atomic E-state index is 11.9. The van der Waals surface area contributed by atoms with Crippen molar-refractivity contribution in [2.45, 2.75) is 74.6 Å². The molecule has 1 aliphatic heterocycles. The lowest BCUT2D eigenvalue weighted by Crippen LogP contribution is -2.49. The van der Waals surface area contributed by atoms with E-state index in [9.17, 15) is 23.4 Å². The predicted octanol–water partition coefficient (Wildman–Crippen LogP) is 5.30. The van der Waals surface area contributed by atoms with Crippen LogP contribution in [0.2, 0.25) is 5.02 Å². The fraction of sp³-hybridized carbons (Fsp3) is 0.545. The van der Waals surface area contributed by atoms with Crippen LogP contribution in [0.5, 0.6) is 5.75 Å². The number of aliphatic hydroxyl groups is 1. The average molecular weight is 629 g/mol. The molecule has 0 aromatic heterocycles. The number of fused-ring (bicyclic) bond motifs is 3. The molecular formula is C33H41ClN2O6S. The van der Waals surface area contributed by atoms with Gasteiger partial charge < -0.3 is 19.8 Å². The topological polar surface area (TPSA) is 130 Å². The third kappa shape index (κ3) is 6.32. The fourth-order valence-electron chi connectivity index (χ4n) is 7.87. The van der Waals surface area contributed by atoms with Gasteiger partial charge in [0.25, 0.3) is 0 Å². The van der Waals surface area contributed by atoms with E-state index in [0.29, 0.717) is 38.3 Å². The van der Waals surface area contributed by atoms with E-state index in [1.807, 2.05) is 18.2 Å². The molecule has 1 spiro atoms. The van der Waals surface area contributed by atoms with E-state index in [-0.39, 0.29) is 28.7 Å². The highest BCUT2D eigenvalue weighted by molar-refractivity contribution is 7.89. The minimum atomic E-state index is -3.56. The van der Waals surface area contributed by atoms with Crippen LogP contribution in [0.15, 0.2) is 48.6 Å². The number of hydrogen-bond acceptors (Lipinski definition) is 6. The first-order valence-corrected chi connectivity index (χ1v) is 17.4. The largest absolute Gasteiger partial charge is 0.490 e. The average Bonchev–Trinajstić information content (AvgIpc) is 3.10. The second-order valence-corrected chi connectivity index (χ2v) is 15.4. The van der Waals surface area contributed by atoms with Gasteiger partial charge in [-0.1, -0.05) is 36.2 Å². The van der Waals surface area contributed by atoms with Gasteiger partial charge in [0.15, 0.2) is 0 Å². The van der Waals surface area contributed by atoms with Crippen molar-refractivity contribution in [1.29, 1.82) is 0 Å². The van der Waals surface area contributed by atoms with E-state index in [1.54, 1.807) is 18.2 Å². The molecule has 1 heterocycles. The summed E-state index contributed by atoms with van der Waals surface area (Å²) in [4.78, 5) is 14.2. The lowest BCUT2D eigenvalue weighted by Gasteiger charge is -2.45. The number of benzene rings is 2. The van der Waals surface area contributed by atoms with E-state index >= 15 is 0 Å². The van der Waals surface area contributed by atoms with E-state index in [0.717, 1.165) is 55.7 Å². The zero-order valence-electron chi connectivity index (χ0n) is 24.3. The molecule has 2 saturated carbocycles. The van der Waals surface area contributed by atoms with Crippen LogP contribution in [0.4, 0.5) is 5.69 Å². The third-order valence-electron chi connectivity index (χ3n) is 10.4. The normalized spacial score (nSPS) is 29.7. The summed E-state index contributed by atoms with van der Waals surface area (Å²) in [5.74, 6) is 0.0781. The van der Waals surface area contributed by atoms with Crippen molar-refractivity contribution in [3.63, 3.8) is 0 Å². The minimum Gasteiger partial charge on any atom is -0.490 e. The number of nitrogens with two attached hydrogens (primary N) is 1. The van der Waals surface area contributed by atoms with Gasteiger partial charge in [-0.25, -0.2) is 18.4 Å². The number of sulfonamides is 1. The molecular weight excluding hydrogens is 588 g/mol. The summed E-state index contributed by atoms with van der Waals surface area (Å²) in [6.07, 6.45) is 10.8. The zero-order valence-corrected chi connectivity index (χ0v) is 25.9. The Morgan fingerprint density at radius 3 is 2.74 bits per heavy atom. The summed E-state index contributed by atoms with van der Waals surface area (Å²) >= 11 is 6.37. The number of nitrogens with zero attached hydrogens (tertiary/aromatic N) is 1. The number of halogens is 1. The third-order valence-corrected chi connectivity index (χ3v) is 12.0. The number of carboxylic acid groups (broad SMARTS) is 1. The van der Waals surface area contributed by atoms with Crippen molar-refractivity contribution in [2.24, 2.45) is 22.9 Å². The first-order valence-electron chi connectivity index (χ1n) is 15.4. The van der Waals surface area contributed by atoms with Gasteiger partial charge in [0.1, 0.15) is 5.75 Å². The van der Waals surface area contributed by atoms with Crippen LogP contribution in [0.25, 0.3) is 0 Å². The Hall–Kier alpha value is -2.59. The van der Waals surface area contributed by atoms with Crippen LogP contribution in [0.3, 0.4) is 0 Å². The molecule has 6 atom stereocenters. The molecule has 10 heteroatoms. The van der Waals surface area contributed by atoms with E-state index in [2.05, 4.69) is 17.0 Å². The fourth-order valence-corrected chi connectivity index (χ4v) is 9.07. The van der Waals surface area contributed by atoms with Gasteiger partial charge in [0.2, 0.25) is 10.0 Å². The second kappa shape index (κ2) is 12.1.